The van der Waals surface area contributed by atoms with Gasteiger partial charge < -0.3 is 14.3 Å². The Labute approximate surface area is 124 Å². The molecule has 0 saturated heterocycles. The number of rotatable bonds is 3. The molecule has 0 spiro atoms. The average Bonchev–Trinajstić information content (AvgIpc) is 2.79. The van der Waals surface area contributed by atoms with E-state index < -0.39 is 0 Å². The lowest BCUT2D eigenvalue weighted by Crippen LogP contribution is -1.95. The highest BCUT2D eigenvalue weighted by molar-refractivity contribution is 6.35. The zero-order valence-electron chi connectivity index (χ0n) is 10.1. The molecule has 0 aliphatic rings. The van der Waals surface area contributed by atoms with Gasteiger partial charge in [-0.1, -0.05) is 23.2 Å². The van der Waals surface area contributed by atoms with Gasteiger partial charge in [-0.15, -0.1) is 0 Å². The number of oxazole rings is 1. The van der Waals surface area contributed by atoms with Gasteiger partial charge in [0.2, 0.25) is 5.89 Å². The summed E-state index contributed by atoms with van der Waals surface area (Å²) in [6.07, 6.45) is 0. The Morgan fingerprint density at radius 2 is 2.00 bits per heavy atom. The van der Waals surface area contributed by atoms with E-state index in [0.717, 1.165) is 0 Å². The monoisotopic (exact) mass is 309 g/mol. The number of phenolic OH excluding ortho intramolecular Hbond substituents is 1. The van der Waals surface area contributed by atoms with Crippen molar-refractivity contribution in [1.82, 2.24) is 4.98 Å². The maximum absolute atomic E-state index is 9.36. The van der Waals surface area contributed by atoms with Crippen molar-refractivity contribution in [3.63, 3.8) is 0 Å². The summed E-state index contributed by atoms with van der Waals surface area (Å²) in [5.41, 5.74) is 1.16. The van der Waals surface area contributed by atoms with Gasteiger partial charge in [0.1, 0.15) is 17.0 Å². The summed E-state index contributed by atoms with van der Waals surface area (Å²) in [4.78, 5) is 4.24. The van der Waals surface area contributed by atoms with E-state index in [4.69, 9.17) is 32.4 Å². The molecule has 6 heteroatoms. The van der Waals surface area contributed by atoms with E-state index in [-0.39, 0.29) is 12.4 Å². The summed E-state index contributed by atoms with van der Waals surface area (Å²) in [6.45, 7) is 0.136. The minimum Gasteiger partial charge on any atom is -0.508 e. The molecule has 0 saturated carbocycles. The highest BCUT2D eigenvalue weighted by atomic mass is 35.5. The van der Waals surface area contributed by atoms with Gasteiger partial charge in [0.05, 0.1) is 5.02 Å². The van der Waals surface area contributed by atoms with Crippen LogP contribution in [0.4, 0.5) is 0 Å². The van der Waals surface area contributed by atoms with E-state index in [1.807, 2.05) is 0 Å². The number of phenols is 1. The summed E-state index contributed by atoms with van der Waals surface area (Å²) in [7, 11) is 0. The van der Waals surface area contributed by atoms with Gasteiger partial charge >= 0.3 is 0 Å². The van der Waals surface area contributed by atoms with Crippen molar-refractivity contribution >= 4 is 34.3 Å². The first-order valence-electron chi connectivity index (χ1n) is 5.78. The first-order valence-corrected chi connectivity index (χ1v) is 6.54. The van der Waals surface area contributed by atoms with Gasteiger partial charge in [0, 0.05) is 11.1 Å². The van der Waals surface area contributed by atoms with Crippen molar-refractivity contribution in [2.24, 2.45) is 0 Å². The second kappa shape index (κ2) is 5.23. The molecule has 102 valence electrons. The molecule has 2 aromatic carbocycles. The Bertz CT molecular complexity index is 770. The third-order valence-electron chi connectivity index (χ3n) is 2.66. The fourth-order valence-corrected chi connectivity index (χ4v) is 2.22. The molecule has 0 aliphatic heterocycles. The van der Waals surface area contributed by atoms with E-state index in [9.17, 15) is 5.11 Å². The Kier molecular flexibility index (Phi) is 3.42. The maximum Gasteiger partial charge on any atom is 0.233 e. The third kappa shape index (κ3) is 2.66. The summed E-state index contributed by atoms with van der Waals surface area (Å²) >= 11 is 11.8. The van der Waals surface area contributed by atoms with Crippen LogP contribution in [0.5, 0.6) is 11.5 Å². The van der Waals surface area contributed by atoms with Gasteiger partial charge in [-0.3, -0.25) is 0 Å². The van der Waals surface area contributed by atoms with Crippen LogP contribution in [0.1, 0.15) is 5.89 Å². The van der Waals surface area contributed by atoms with Gasteiger partial charge in [0.15, 0.2) is 12.2 Å². The quantitative estimate of drug-likeness (QED) is 0.778. The Morgan fingerprint density at radius 1 is 1.15 bits per heavy atom. The van der Waals surface area contributed by atoms with E-state index in [2.05, 4.69) is 4.98 Å². The fourth-order valence-electron chi connectivity index (χ4n) is 1.75. The summed E-state index contributed by atoms with van der Waals surface area (Å²) in [5, 5.41) is 10.3. The van der Waals surface area contributed by atoms with Crippen LogP contribution in [-0.4, -0.2) is 10.1 Å². The number of hydrogen-bond acceptors (Lipinski definition) is 4. The molecule has 0 amide bonds. The number of hydrogen-bond donors (Lipinski definition) is 1. The number of aromatic hydroxyl groups is 1. The van der Waals surface area contributed by atoms with Crippen molar-refractivity contribution < 1.29 is 14.3 Å². The summed E-state index contributed by atoms with van der Waals surface area (Å²) in [5.74, 6) is 1.03. The van der Waals surface area contributed by atoms with E-state index in [0.29, 0.717) is 32.8 Å². The lowest BCUT2D eigenvalue weighted by Gasteiger charge is -2.05. The molecule has 1 aromatic heterocycles. The van der Waals surface area contributed by atoms with Gasteiger partial charge in [-0.25, -0.2) is 4.98 Å². The molecule has 0 atom stereocenters. The zero-order chi connectivity index (χ0) is 14.1. The Balaban J connectivity index is 1.79. The normalized spacial score (nSPS) is 10.9. The fraction of sp³-hybridized carbons (Fsp3) is 0.0714. The number of halogens is 2. The van der Waals surface area contributed by atoms with Crippen LogP contribution in [0.3, 0.4) is 0 Å². The maximum atomic E-state index is 9.36. The molecule has 4 nitrogen and oxygen atoms in total. The van der Waals surface area contributed by atoms with Crippen molar-refractivity contribution in [3.05, 3.63) is 52.3 Å². The predicted octanol–water partition coefficient (Wildman–Crippen LogP) is 4.42. The minimum absolute atomic E-state index is 0.127. The van der Waals surface area contributed by atoms with Crippen molar-refractivity contribution in [1.29, 1.82) is 0 Å². The second-order valence-corrected chi connectivity index (χ2v) is 4.97. The van der Waals surface area contributed by atoms with Crippen LogP contribution in [0.25, 0.3) is 11.1 Å². The number of benzene rings is 2. The summed E-state index contributed by atoms with van der Waals surface area (Å²) in [6, 6.07) is 9.69. The molecule has 0 bridgehead atoms. The molecule has 0 fully saturated rings. The van der Waals surface area contributed by atoms with Crippen LogP contribution in [-0.2, 0) is 6.61 Å². The largest absolute Gasteiger partial charge is 0.508 e. The van der Waals surface area contributed by atoms with Crippen LogP contribution < -0.4 is 4.74 Å². The topological polar surface area (TPSA) is 55.5 Å². The van der Waals surface area contributed by atoms with Crippen LogP contribution in [0.2, 0.25) is 10.0 Å². The van der Waals surface area contributed by atoms with Crippen molar-refractivity contribution in [2.75, 3.05) is 0 Å². The zero-order valence-corrected chi connectivity index (χ0v) is 11.6. The standard InChI is InChI=1S/C14H9Cl2NO3/c15-8-1-4-12(10(16)5-8)19-7-14-17-11-3-2-9(18)6-13(11)20-14/h1-6,18H,7H2. The Morgan fingerprint density at radius 3 is 2.80 bits per heavy atom. The molecule has 3 aromatic rings. The van der Waals surface area contributed by atoms with Crippen LogP contribution in [0, 0.1) is 0 Å². The lowest BCUT2D eigenvalue weighted by molar-refractivity contribution is 0.267. The first kappa shape index (κ1) is 13.1. The number of fused-ring (bicyclic) bond motifs is 1. The molecule has 3 rings (SSSR count). The molecule has 0 unspecified atom stereocenters. The van der Waals surface area contributed by atoms with E-state index in [1.165, 1.54) is 6.07 Å². The Hall–Kier alpha value is -1.91. The number of aromatic nitrogens is 1. The van der Waals surface area contributed by atoms with Crippen molar-refractivity contribution in [2.45, 2.75) is 6.61 Å². The van der Waals surface area contributed by atoms with Gasteiger partial charge in [0.25, 0.3) is 0 Å². The number of nitrogens with zero attached hydrogens (tertiary/aromatic N) is 1. The minimum atomic E-state index is 0.127. The van der Waals surface area contributed by atoms with Crippen molar-refractivity contribution in [3.8, 4) is 11.5 Å². The molecule has 1 N–H and O–H groups in total. The SMILES string of the molecule is Oc1ccc2nc(COc3ccc(Cl)cc3Cl)oc2c1. The number of ether oxygens (including phenoxy) is 1. The third-order valence-corrected chi connectivity index (χ3v) is 3.19. The lowest BCUT2D eigenvalue weighted by atomic mass is 10.3. The first-order chi connectivity index (χ1) is 9.61. The van der Waals surface area contributed by atoms with Gasteiger partial charge in [-0.05, 0) is 30.3 Å². The molecular formula is C14H9Cl2NO3. The van der Waals surface area contributed by atoms with E-state index in [1.54, 1.807) is 30.3 Å². The molecular weight excluding hydrogens is 301 g/mol. The van der Waals surface area contributed by atoms with Crippen LogP contribution >= 0.6 is 23.2 Å². The van der Waals surface area contributed by atoms with Gasteiger partial charge in [-0.2, -0.15) is 0 Å². The van der Waals surface area contributed by atoms with E-state index >= 15 is 0 Å². The highest BCUT2D eigenvalue weighted by Gasteiger charge is 2.09. The molecule has 1 heterocycles. The molecule has 20 heavy (non-hydrogen) atoms. The second-order valence-electron chi connectivity index (χ2n) is 4.12. The van der Waals surface area contributed by atoms with Crippen LogP contribution in [0.15, 0.2) is 40.8 Å². The predicted molar refractivity (Wildman–Crippen MR) is 76.5 cm³/mol. The smallest absolute Gasteiger partial charge is 0.233 e. The molecule has 0 radical (unpaired) electrons. The molecule has 0 aliphatic carbocycles. The summed E-state index contributed by atoms with van der Waals surface area (Å²) < 4.78 is 11.0. The highest BCUT2D eigenvalue weighted by Crippen LogP contribution is 2.28. The average molecular weight is 310 g/mol.